The Balaban J connectivity index is 2.06. The Morgan fingerprint density at radius 2 is 1.83 bits per heavy atom. The molecule has 5 rings (SSSR count). The van der Waals surface area contributed by atoms with E-state index in [9.17, 15) is 0 Å². The minimum Gasteiger partial charge on any atom is -0.298 e. The molecule has 0 saturated carbocycles. The number of pyridine rings is 1. The van der Waals surface area contributed by atoms with E-state index in [0.29, 0.717) is 0 Å². The van der Waals surface area contributed by atoms with Crippen molar-refractivity contribution in [3.63, 3.8) is 0 Å². The zero-order valence-electron chi connectivity index (χ0n) is 13.8. The van der Waals surface area contributed by atoms with Crippen molar-refractivity contribution in [2.45, 2.75) is 13.3 Å². The lowest BCUT2D eigenvalue weighted by atomic mass is 10.0. The quantitative estimate of drug-likeness (QED) is 0.487. The molecule has 3 nitrogen and oxygen atoms in total. The van der Waals surface area contributed by atoms with Gasteiger partial charge in [-0.3, -0.25) is 4.57 Å². The van der Waals surface area contributed by atoms with Gasteiger partial charge in [0.1, 0.15) is 23.9 Å². The van der Waals surface area contributed by atoms with Crippen LogP contribution >= 0.6 is 0 Å². The summed E-state index contributed by atoms with van der Waals surface area (Å²) >= 11 is 0. The van der Waals surface area contributed by atoms with Crippen LogP contribution in [0.2, 0.25) is 0 Å². The Morgan fingerprint density at radius 1 is 1.04 bits per heavy atom. The summed E-state index contributed by atoms with van der Waals surface area (Å²) in [5.74, 6) is 1.12. The molecule has 0 radical (unpaired) electrons. The molecule has 0 bridgehead atoms. The Hall–Kier alpha value is -2.94. The van der Waals surface area contributed by atoms with Gasteiger partial charge in [0.25, 0.3) is 0 Å². The Morgan fingerprint density at radius 3 is 2.71 bits per heavy atom. The summed E-state index contributed by atoms with van der Waals surface area (Å²) in [6.07, 6.45) is 5.24. The summed E-state index contributed by atoms with van der Waals surface area (Å²) in [5.41, 5.74) is 7.28. The van der Waals surface area contributed by atoms with E-state index in [0.717, 1.165) is 17.8 Å². The fourth-order valence-electron chi connectivity index (χ4n) is 3.85. The van der Waals surface area contributed by atoms with Gasteiger partial charge in [0.15, 0.2) is 0 Å². The van der Waals surface area contributed by atoms with Crippen LogP contribution in [0.25, 0.3) is 39.4 Å². The molecule has 24 heavy (non-hydrogen) atoms. The van der Waals surface area contributed by atoms with Crippen molar-refractivity contribution >= 4 is 28.1 Å². The van der Waals surface area contributed by atoms with E-state index in [1.165, 1.54) is 33.2 Å². The number of rotatable bonds is 1. The first-order valence-corrected chi connectivity index (χ1v) is 8.30. The lowest BCUT2D eigenvalue weighted by Gasteiger charge is -2.09. The van der Waals surface area contributed by atoms with Crippen molar-refractivity contribution < 1.29 is 4.57 Å². The number of benzene rings is 2. The molecule has 3 heterocycles. The number of aromatic nitrogens is 3. The number of fused-ring (bicyclic) bond motifs is 5. The second-order valence-corrected chi connectivity index (χ2v) is 6.42. The first-order valence-electron chi connectivity index (χ1n) is 8.30. The Bertz CT molecular complexity index is 1150. The predicted molar refractivity (Wildman–Crippen MR) is 97.6 cm³/mol. The van der Waals surface area contributed by atoms with Gasteiger partial charge >= 0.3 is 0 Å². The first kappa shape index (κ1) is 13.5. The molecule has 2 aromatic carbocycles. The molecule has 0 atom stereocenters. The maximum atomic E-state index is 4.97. The molecule has 1 aliphatic heterocycles. The lowest BCUT2D eigenvalue weighted by Crippen LogP contribution is -2.33. The van der Waals surface area contributed by atoms with Gasteiger partial charge in [-0.25, -0.2) is 4.98 Å². The van der Waals surface area contributed by atoms with Crippen molar-refractivity contribution in [3.8, 4) is 11.3 Å². The van der Waals surface area contributed by atoms with E-state index in [4.69, 9.17) is 4.98 Å². The second-order valence-electron chi connectivity index (χ2n) is 6.42. The number of nitrogens with zero attached hydrogens (tertiary/aromatic N) is 3. The maximum absolute atomic E-state index is 4.97. The normalized spacial score (nSPS) is 13.1. The molecule has 1 aliphatic rings. The highest BCUT2D eigenvalue weighted by Gasteiger charge is 2.27. The zero-order chi connectivity index (χ0) is 16.3. The molecule has 0 N–H and O–H groups in total. The van der Waals surface area contributed by atoms with Crippen molar-refractivity contribution in [2.24, 2.45) is 7.05 Å². The van der Waals surface area contributed by atoms with Gasteiger partial charge in [-0.1, -0.05) is 36.4 Å². The fourth-order valence-corrected chi connectivity index (χ4v) is 3.85. The van der Waals surface area contributed by atoms with Gasteiger partial charge in [0.2, 0.25) is 11.2 Å². The van der Waals surface area contributed by atoms with Crippen LogP contribution in [0, 0.1) is 6.92 Å². The van der Waals surface area contributed by atoms with Gasteiger partial charge in [0.05, 0.1) is 10.9 Å². The molecule has 116 valence electrons. The van der Waals surface area contributed by atoms with Gasteiger partial charge in [-0.05, 0) is 24.6 Å². The van der Waals surface area contributed by atoms with E-state index in [-0.39, 0.29) is 0 Å². The van der Waals surface area contributed by atoms with E-state index in [1.807, 2.05) is 0 Å². The molecule has 4 aromatic rings. The van der Waals surface area contributed by atoms with Gasteiger partial charge in [-0.15, -0.1) is 0 Å². The lowest BCUT2D eigenvalue weighted by molar-refractivity contribution is -0.632. The number of hydrogen-bond acceptors (Lipinski definition) is 1. The largest absolute Gasteiger partial charge is 0.298 e. The minimum absolute atomic E-state index is 0.903. The van der Waals surface area contributed by atoms with Gasteiger partial charge in [0, 0.05) is 18.7 Å². The van der Waals surface area contributed by atoms with Crippen LogP contribution < -0.4 is 4.57 Å². The number of allylic oxidation sites excluding steroid dienone is 1. The highest BCUT2D eigenvalue weighted by molar-refractivity contribution is 6.06. The average Bonchev–Trinajstić information content (AvgIpc) is 3.18. The summed E-state index contributed by atoms with van der Waals surface area (Å²) < 4.78 is 4.56. The Kier molecular flexibility index (Phi) is 2.69. The maximum Gasteiger partial charge on any atom is 0.239 e. The van der Waals surface area contributed by atoms with Crippen LogP contribution in [0.3, 0.4) is 0 Å². The second kappa shape index (κ2) is 4.78. The molecule has 0 aliphatic carbocycles. The van der Waals surface area contributed by atoms with Crippen LogP contribution in [0.4, 0.5) is 0 Å². The minimum atomic E-state index is 0.903. The average molecular weight is 312 g/mol. The van der Waals surface area contributed by atoms with E-state index in [1.54, 1.807) is 0 Å². The summed E-state index contributed by atoms with van der Waals surface area (Å²) in [6, 6.07) is 17.1. The summed E-state index contributed by atoms with van der Waals surface area (Å²) in [5, 5.41) is 1.21. The van der Waals surface area contributed by atoms with Crippen molar-refractivity contribution in [1.29, 1.82) is 0 Å². The zero-order valence-corrected chi connectivity index (χ0v) is 13.8. The van der Waals surface area contributed by atoms with Crippen LogP contribution in [-0.2, 0) is 13.5 Å². The summed E-state index contributed by atoms with van der Waals surface area (Å²) in [4.78, 5) is 4.97. The first-order chi connectivity index (χ1) is 11.8. The van der Waals surface area contributed by atoms with Crippen molar-refractivity contribution in [3.05, 3.63) is 66.0 Å². The monoisotopic (exact) mass is 312 g/mol. The van der Waals surface area contributed by atoms with Gasteiger partial charge < -0.3 is 0 Å². The summed E-state index contributed by atoms with van der Waals surface area (Å²) in [7, 11) is 2.15. The van der Waals surface area contributed by atoms with Crippen LogP contribution in [0.15, 0.2) is 54.6 Å². The van der Waals surface area contributed by atoms with Crippen molar-refractivity contribution in [2.75, 3.05) is 0 Å². The predicted octanol–water partition coefficient (Wildman–Crippen LogP) is 4.02. The molecule has 3 heteroatoms. The third-order valence-corrected chi connectivity index (χ3v) is 5.02. The van der Waals surface area contributed by atoms with Crippen molar-refractivity contribution in [1.82, 2.24) is 9.55 Å². The molecular formula is C21H18N3+. The molecular weight excluding hydrogens is 294 g/mol. The summed E-state index contributed by atoms with van der Waals surface area (Å²) in [6.45, 7) is 2.17. The fraction of sp³-hybridized carbons (Fsp3) is 0.143. The number of para-hydroxylation sites is 1. The smallest absolute Gasteiger partial charge is 0.239 e. The third kappa shape index (κ3) is 1.67. The molecule has 0 fully saturated rings. The Labute approximate surface area is 140 Å². The molecule has 0 saturated heterocycles. The van der Waals surface area contributed by atoms with Gasteiger partial charge in [-0.2, -0.15) is 4.57 Å². The van der Waals surface area contributed by atoms with E-state index in [2.05, 4.69) is 83.9 Å². The standard InChI is InChI=1S/C21H18N3/c1-14-8-3-4-9-15(14)20-21-19(22-18-12-7-13-24(18)21)16-10-5-6-11-17(16)23(20)2/h3-11,13H,12H2,1-2H3/q+1. The highest BCUT2D eigenvalue weighted by atomic mass is 15.1. The van der Waals surface area contributed by atoms with Crippen LogP contribution in [0.5, 0.6) is 0 Å². The molecule has 0 spiro atoms. The van der Waals surface area contributed by atoms with E-state index < -0.39 is 0 Å². The van der Waals surface area contributed by atoms with E-state index >= 15 is 0 Å². The molecule has 0 amide bonds. The third-order valence-electron chi connectivity index (χ3n) is 5.02. The number of imidazole rings is 1. The van der Waals surface area contributed by atoms with Crippen LogP contribution in [0.1, 0.15) is 11.4 Å². The molecule has 2 aromatic heterocycles. The van der Waals surface area contributed by atoms with Crippen LogP contribution in [-0.4, -0.2) is 9.55 Å². The topological polar surface area (TPSA) is 21.7 Å². The SMILES string of the molecule is Cc1ccccc1-c1c2c(nc3n2C=CC3)c2ccccc2[n+]1C. The highest BCUT2D eigenvalue weighted by Crippen LogP contribution is 2.34. The number of hydrogen-bond donors (Lipinski definition) is 0. The molecule has 0 unspecified atom stereocenters. The number of aryl methyl sites for hydroxylation is 2.